The lowest BCUT2D eigenvalue weighted by molar-refractivity contribution is 1.41. The zero-order chi connectivity index (χ0) is 6.24. The van der Waals surface area contributed by atoms with Gasteiger partial charge in [0.25, 0.3) is 0 Å². The summed E-state index contributed by atoms with van der Waals surface area (Å²) in [6.07, 6.45) is 6.54. The van der Waals surface area contributed by atoms with E-state index in [1.54, 1.807) is 0 Å². The summed E-state index contributed by atoms with van der Waals surface area (Å²) in [4.78, 5) is 0. The molecule has 0 fully saturated rings. The first-order valence-corrected chi connectivity index (χ1v) is 2.61. The van der Waals surface area contributed by atoms with E-state index >= 15 is 0 Å². The van der Waals surface area contributed by atoms with Crippen LogP contribution in [0.4, 0.5) is 0 Å². The molecule has 0 aliphatic heterocycles. The summed E-state index contributed by atoms with van der Waals surface area (Å²) in [5.41, 5.74) is 5.60. The maximum Gasteiger partial charge on any atom is -0.00171 e. The predicted molar refractivity (Wildman–Crippen MR) is 36.7 cm³/mol. The Hall–Kier alpha value is -0.960. The Balaban J connectivity index is 3.45. The van der Waals surface area contributed by atoms with Crippen LogP contribution in [0.25, 0.3) is 0 Å². The van der Waals surface area contributed by atoms with E-state index in [1.807, 2.05) is 25.2 Å². The molecule has 0 bridgehead atoms. The summed E-state index contributed by atoms with van der Waals surface area (Å²) in [5.74, 6) is 0. The maximum absolute atomic E-state index is 3.42. The Bertz CT molecular complexity index is 139. The van der Waals surface area contributed by atoms with Crippen LogP contribution in [-0.2, 0) is 0 Å². The average Bonchev–Trinajstić information content (AvgIpc) is 1.81. The molecule has 0 saturated heterocycles. The molecule has 0 radical (unpaired) electrons. The van der Waals surface area contributed by atoms with E-state index in [-0.39, 0.29) is 0 Å². The van der Waals surface area contributed by atoms with Crippen LogP contribution >= 0.6 is 0 Å². The van der Waals surface area contributed by atoms with Crippen LogP contribution in [0.2, 0.25) is 0 Å². The molecule has 0 saturated carbocycles. The first-order valence-electron chi connectivity index (χ1n) is 2.61. The van der Waals surface area contributed by atoms with Gasteiger partial charge in [-0.05, 0) is 31.6 Å². The Labute approximate surface area is 50.5 Å². The molecule has 0 aromatic rings. The largest absolute Gasteiger partial charge is 0.133 e. The highest BCUT2D eigenvalue weighted by Gasteiger charge is 1.60. The summed E-state index contributed by atoms with van der Waals surface area (Å²) in [6, 6.07) is 0. The fourth-order valence-electron chi connectivity index (χ4n) is 0.328. The summed E-state index contributed by atoms with van der Waals surface area (Å²) in [5, 5.41) is 0. The van der Waals surface area contributed by atoms with Gasteiger partial charge in [0, 0.05) is 0 Å². The van der Waals surface area contributed by atoms with Crippen LogP contribution in [0.15, 0.2) is 36.3 Å². The van der Waals surface area contributed by atoms with Crippen molar-refractivity contribution in [3.8, 4) is 0 Å². The van der Waals surface area contributed by atoms with Crippen LogP contribution in [0, 0.1) is 0 Å². The van der Waals surface area contributed by atoms with Crippen molar-refractivity contribution >= 4 is 0 Å². The van der Waals surface area contributed by atoms with Gasteiger partial charge in [0.1, 0.15) is 0 Å². The molecule has 0 heterocycles. The Morgan fingerprint density at radius 2 is 2.25 bits per heavy atom. The second-order valence-electron chi connectivity index (χ2n) is 1.30. The van der Waals surface area contributed by atoms with Gasteiger partial charge in [-0.15, -0.1) is 11.5 Å². The monoisotopic (exact) mass is 106 g/mol. The van der Waals surface area contributed by atoms with Gasteiger partial charge < -0.3 is 0 Å². The van der Waals surface area contributed by atoms with E-state index in [0.29, 0.717) is 0 Å². The molecule has 0 atom stereocenters. The second-order valence-corrected chi connectivity index (χ2v) is 1.30. The topological polar surface area (TPSA) is 0 Å². The lowest BCUT2D eigenvalue weighted by Crippen LogP contribution is -1.48. The maximum atomic E-state index is 3.42. The van der Waals surface area contributed by atoms with E-state index in [2.05, 4.69) is 18.0 Å². The predicted octanol–water partition coefficient (Wildman–Crippen LogP) is 2.45. The molecule has 8 heavy (non-hydrogen) atoms. The van der Waals surface area contributed by atoms with Gasteiger partial charge in [-0.3, -0.25) is 0 Å². The van der Waals surface area contributed by atoms with Gasteiger partial charge in [0.05, 0.1) is 0 Å². The third-order valence-electron chi connectivity index (χ3n) is 0.665. The summed E-state index contributed by atoms with van der Waals surface area (Å²) in [7, 11) is 0. The SMILES string of the molecule is C=C=CCC=C=CC. The van der Waals surface area contributed by atoms with Crippen LogP contribution in [0.5, 0.6) is 0 Å². The molecule has 0 N–H and O–H groups in total. The van der Waals surface area contributed by atoms with Crippen molar-refractivity contribution < 1.29 is 0 Å². The van der Waals surface area contributed by atoms with Crippen molar-refractivity contribution in [3.05, 3.63) is 36.3 Å². The smallest absolute Gasteiger partial charge is 0.00171 e. The van der Waals surface area contributed by atoms with Crippen molar-refractivity contribution in [2.24, 2.45) is 0 Å². The first-order chi connectivity index (χ1) is 3.91. The van der Waals surface area contributed by atoms with Crippen molar-refractivity contribution in [3.63, 3.8) is 0 Å². The third-order valence-corrected chi connectivity index (χ3v) is 0.665. The number of hydrogen-bond donors (Lipinski definition) is 0. The molecular formula is C8H10. The lowest BCUT2D eigenvalue weighted by atomic mass is 10.4. The lowest BCUT2D eigenvalue weighted by Gasteiger charge is -1.67. The Morgan fingerprint density at radius 3 is 2.75 bits per heavy atom. The normalized spacial score (nSPS) is 6.12. The third kappa shape index (κ3) is 5.04. The molecule has 0 rings (SSSR count). The molecule has 0 amide bonds. The van der Waals surface area contributed by atoms with Gasteiger partial charge in [-0.1, -0.05) is 6.58 Å². The molecule has 0 spiro atoms. The minimum Gasteiger partial charge on any atom is -0.133 e. The molecule has 0 nitrogen and oxygen atoms in total. The van der Waals surface area contributed by atoms with Crippen LogP contribution in [-0.4, -0.2) is 0 Å². The fourth-order valence-corrected chi connectivity index (χ4v) is 0.328. The summed E-state index contributed by atoms with van der Waals surface area (Å²) in [6.45, 7) is 5.36. The van der Waals surface area contributed by atoms with E-state index in [0.717, 1.165) is 6.42 Å². The van der Waals surface area contributed by atoms with E-state index in [1.165, 1.54) is 0 Å². The minimum absolute atomic E-state index is 0.883. The van der Waals surface area contributed by atoms with E-state index in [4.69, 9.17) is 0 Å². The highest BCUT2D eigenvalue weighted by Crippen LogP contribution is 1.79. The van der Waals surface area contributed by atoms with Gasteiger partial charge in [-0.2, -0.15) is 0 Å². The molecule has 0 unspecified atom stereocenters. The summed E-state index contributed by atoms with van der Waals surface area (Å²) >= 11 is 0. The Kier molecular flexibility index (Phi) is 5.32. The number of rotatable bonds is 2. The molecule has 0 aliphatic rings. The highest BCUT2D eigenvalue weighted by molar-refractivity contribution is 4.90. The van der Waals surface area contributed by atoms with Crippen LogP contribution in [0.1, 0.15) is 13.3 Å². The molecule has 0 aromatic carbocycles. The number of hydrogen-bond acceptors (Lipinski definition) is 0. The zero-order valence-electron chi connectivity index (χ0n) is 5.15. The van der Waals surface area contributed by atoms with Gasteiger partial charge >= 0.3 is 0 Å². The molecular weight excluding hydrogens is 96.1 g/mol. The number of allylic oxidation sites excluding steroid dienone is 2. The van der Waals surface area contributed by atoms with Gasteiger partial charge in [-0.25, -0.2) is 0 Å². The Morgan fingerprint density at radius 1 is 1.50 bits per heavy atom. The molecule has 0 aliphatic carbocycles. The van der Waals surface area contributed by atoms with Crippen LogP contribution in [0.3, 0.4) is 0 Å². The van der Waals surface area contributed by atoms with Gasteiger partial charge in [0.15, 0.2) is 0 Å². The standard InChI is InChI=1S/C8H10/c1-3-5-7-8-6-4-2/h4-5,8H,1,7H2,2H3. The van der Waals surface area contributed by atoms with Crippen LogP contribution < -0.4 is 0 Å². The highest BCUT2D eigenvalue weighted by atomic mass is 13.6. The zero-order valence-corrected chi connectivity index (χ0v) is 5.15. The fraction of sp³-hybridized carbons (Fsp3) is 0.250. The van der Waals surface area contributed by atoms with Gasteiger partial charge in [0.2, 0.25) is 0 Å². The second kappa shape index (κ2) is 6.04. The van der Waals surface area contributed by atoms with E-state index in [9.17, 15) is 0 Å². The quantitative estimate of drug-likeness (QED) is 0.474. The average molecular weight is 106 g/mol. The van der Waals surface area contributed by atoms with E-state index < -0.39 is 0 Å². The van der Waals surface area contributed by atoms with Crippen molar-refractivity contribution in [1.29, 1.82) is 0 Å². The molecule has 0 aromatic heterocycles. The van der Waals surface area contributed by atoms with Crippen molar-refractivity contribution in [1.82, 2.24) is 0 Å². The molecule has 42 valence electrons. The first kappa shape index (κ1) is 7.04. The minimum atomic E-state index is 0.883. The van der Waals surface area contributed by atoms with Crippen molar-refractivity contribution in [2.45, 2.75) is 13.3 Å². The summed E-state index contributed by atoms with van der Waals surface area (Å²) < 4.78 is 0. The van der Waals surface area contributed by atoms with Crippen molar-refractivity contribution in [2.75, 3.05) is 0 Å². The molecule has 0 heteroatoms.